The number of furan rings is 1. The minimum Gasteiger partial charge on any atom is -0.459 e. The normalized spacial score (nSPS) is 10.4. The van der Waals surface area contributed by atoms with Gasteiger partial charge in [-0.25, -0.2) is 0 Å². The molecule has 3 rings (SSSR count). The Balaban J connectivity index is 1.57. The largest absolute Gasteiger partial charge is 0.459 e. The van der Waals surface area contributed by atoms with Gasteiger partial charge in [-0.05, 0) is 67.1 Å². The van der Waals surface area contributed by atoms with E-state index in [1.54, 1.807) is 49.5 Å². The predicted molar refractivity (Wildman–Crippen MR) is 118 cm³/mol. The van der Waals surface area contributed by atoms with Crippen molar-refractivity contribution < 1.29 is 18.8 Å². The minimum atomic E-state index is -0.379. The number of nitrogens with one attached hydrogen (secondary N) is 2. The average Bonchev–Trinajstić information content (AvgIpc) is 3.25. The van der Waals surface area contributed by atoms with Gasteiger partial charge in [-0.3, -0.25) is 14.4 Å². The number of hydrogen-bond donors (Lipinski definition) is 2. The van der Waals surface area contributed by atoms with E-state index in [9.17, 15) is 14.4 Å². The van der Waals surface area contributed by atoms with E-state index in [0.717, 1.165) is 10.0 Å². The lowest BCUT2D eigenvalue weighted by Crippen LogP contribution is -2.35. The highest BCUT2D eigenvalue weighted by Crippen LogP contribution is 2.20. The summed E-state index contributed by atoms with van der Waals surface area (Å²) in [4.78, 5) is 38.2. The molecule has 0 saturated heterocycles. The Morgan fingerprint density at radius 2 is 1.77 bits per heavy atom. The number of benzene rings is 2. The average molecular weight is 470 g/mol. The lowest BCUT2D eigenvalue weighted by molar-refractivity contribution is -0.116. The van der Waals surface area contributed by atoms with Crippen molar-refractivity contribution in [3.63, 3.8) is 0 Å². The number of carbonyl (C=O) groups excluding carboxylic acids is 3. The van der Waals surface area contributed by atoms with Crippen molar-refractivity contribution in [3.8, 4) is 0 Å². The van der Waals surface area contributed by atoms with Gasteiger partial charge >= 0.3 is 0 Å². The van der Waals surface area contributed by atoms with Gasteiger partial charge < -0.3 is 20.0 Å². The number of halogens is 1. The molecule has 0 spiro atoms. The first-order valence-corrected chi connectivity index (χ1v) is 9.89. The van der Waals surface area contributed by atoms with Gasteiger partial charge in [-0.1, -0.05) is 15.9 Å². The van der Waals surface area contributed by atoms with E-state index in [0.29, 0.717) is 16.9 Å². The van der Waals surface area contributed by atoms with E-state index >= 15 is 0 Å². The van der Waals surface area contributed by atoms with E-state index in [-0.39, 0.29) is 30.0 Å². The van der Waals surface area contributed by atoms with E-state index < -0.39 is 0 Å². The topological polar surface area (TPSA) is 91.7 Å². The SMILES string of the molecule is Cc1cc(Br)ccc1NC(=O)CN(C)C(=O)c1ccc(NC(=O)c2ccco2)cc1. The standard InChI is InChI=1S/C22H20BrN3O4/c1-14-12-16(23)7-10-18(14)25-20(27)13-26(2)22(29)15-5-8-17(9-6-15)24-21(28)19-4-3-11-30-19/h3-12H,13H2,1-2H3,(H,24,28)(H,25,27). The van der Waals surface area contributed by atoms with E-state index in [1.165, 1.54) is 11.2 Å². The van der Waals surface area contributed by atoms with Crippen LogP contribution in [-0.4, -0.2) is 36.2 Å². The van der Waals surface area contributed by atoms with Crippen LogP contribution in [0.2, 0.25) is 0 Å². The fraction of sp³-hybridized carbons (Fsp3) is 0.136. The number of hydrogen-bond acceptors (Lipinski definition) is 4. The first-order valence-electron chi connectivity index (χ1n) is 9.10. The maximum atomic E-state index is 12.6. The first-order chi connectivity index (χ1) is 14.3. The molecule has 3 aromatic rings. The van der Waals surface area contributed by atoms with Crippen LogP contribution in [0.1, 0.15) is 26.5 Å². The fourth-order valence-electron chi connectivity index (χ4n) is 2.76. The molecule has 154 valence electrons. The Morgan fingerprint density at radius 1 is 1.03 bits per heavy atom. The van der Waals surface area contributed by atoms with Crippen LogP contribution in [0.4, 0.5) is 11.4 Å². The van der Waals surface area contributed by atoms with Gasteiger partial charge in [-0.15, -0.1) is 0 Å². The van der Waals surface area contributed by atoms with Crippen LogP contribution in [0.25, 0.3) is 0 Å². The van der Waals surface area contributed by atoms with Gasteiger partial charge in [0.1, 0.15) is 0 Å². The molecule has 0 aliphatic rings. The van der Waals surface area contributed by atoms with Crippen molar-refractivity contribution >= 4 is 45.0 Å². The molecule has 3 amide bonds. The minimum absolute atomic E-state index is 0.0919. The molecule has 2 aromatic carbocycles. The highest BCUT2D eigenvalue weighted by molar-refractivity contribution is 9.10. The Labute approximate surface area is 182 Å². The van der Waals surface area contributed by atoms with E-state index in [4.69, 9.17) is 4.42 Å². The van der Waals surface area contributed by atoms with Crippen LogP contribution >= 0.6 is 15.9 Å². The Bertz CT molecular complexity index is 1060. The second-order valence-electron chi connectivity index (χ2n) is 6.68. The Kier molecular flexibility index (Phi) is 6.68. The summed E-state index contributed by atoms with van der Waals surface area (Å²) in [6.45, 7) is 1.80. The molecule has 0 saturated carbocycles. The van der Waals surface area contributed by atoms with Gasteiger partial charge in [0.05, 0.1) is 12.8 Å². The molecule has 0 atom stereocenters. The molecule has 0 aliphatic carbocycles. The number of likely N-dealkylation sites (N-methyl/N-ethyl adjacent to an activating group) is 1. The lowest BCUT2D eigenvalue weighted by atomic mass is 10.1. The third kappa shape index (κ3) is 5.36. The zero-order valence-electron chi connectivity index (χ0n) is 16.4. The zero-order valence-corrected chi connectivity index (χ0v) is 18.0. The summed E-state index contributed by atoms with van der Waals surface area (Å²) < 4.78 is 5.97. The smallest absolute Gasteiger partial charge is 0.291 e. The summed E-state index contributed by atoms with van der Waals surface area (Å²) in [7, 11) is 1.56. The molecule has 0 unspecified atom stereocenters. The van der Waals surface area contributed by atoms with Crippen LogP contribution in [0, 0.1) is 6.92 Å². The van der Waals surface area contributed by atoms with Crippen LogP contribution < -0.4 is 10.6 Å². The third-order valence-corrected chi connectivity index (χ3v) is 4.82. The number of carbonyl (C=O) groups is 3. The summed E-state index contributed by atoms with van der Waals surface area (Å²) in [5, 5.41) is 5.49. The van der Waals surface area contributed by atoms with E-state index in [1.807, 2.05) is 19.1 Å². The van der Waals surface area contributed by atoms with Crippen molar-refractivity contribution in [2.45, 2.75) is 6.92 Å². The maximum absolute atomic E-state index is 12.6. The van der Waals surface area contributed by atoms with Crippen LogP contribution in [0.15, 0.2) is 69.8 Å². The van der Waals surface area contributed by atoms with Gasteiger partial charge in [0, 0.05) is 28.5 Å². The summed E-state index contributed by atoms with van der Waals surface area (Å²) in [5.41, 5.74) is 2.54. The number of amides is 3. The number of aryl methyl sites for hydroxylation is 1. The van der Waals surface area contributed by atoms with E-state index in [2.05, 4.69) is 26.6 Å². The van der Waals surface area contributed by atoms with Crippen LogP contribution in [-0.2, 0) is 4.79 Å². The zero-order chi connectivity index (χ0) is 21.7. The second kappa shape index (κ2) is 9.41. The Hall–Kier alpha value is -3.39. The summed E-state index contributed by atoms with van der Waals surface area (Å²) in [5.74, 6) is -0.779. The maximum Gasteiger partial charge on any atom is 0.291 e. The van der Waals surface area contributed by atoms with Crippen molar-refractivity contribution in [1.29, 1.82) is 0 Å². The molecule has 0 bridgehead atoms. The third-order valence-electron chi connectivity index (χ3n) is 4.32. The highest BCUT2D eigenvalue weighted by Gasteiger charge is 2.16. The molecule has 0 aliphatic heterocycles. The second-order valence-corrected chi connectivity index (χ2v) is 7.59. The predicted octanol–water partition coefficient (Wildman–Crippen LogP) is 4.31. The van der Waals surface area contributed by atoms with Gasteiger partial charge in [0.2, 0.25) is 5.91 Å². The van der Waals surface area contributed by atoms with Crippen LogP contribution in [0.5, 0.6) is 0 Å². The summed E-state index contributed by atoms with van der Waals surface area (Å²) >= 11 is 3.38. The number of rotatable bonds is 6. The van der Waals surface area contributed by atoms with Gasteiger partial charge in [0.25, 0.3) is 11.8 Å². The molecule has 0 radical (unpaired) electrons. The molecule has 1 heterocycles. The molecule has 7 nitrogen and oxygen atoms in total. The molecular weight excluding hydrogens is 450 g/mol. The number of nitrogens with zero attached hydrogens (tertiary/aromatic N) is 1. The quantitative estimate of drug-likeness (QED) is 0.562. The van der Waals surface area contributed by atoms with Gasteiger partial charge in [0.15, 0.2) is 5.76 Å². The van der Waals surface area contributed by atoms with Crippen LogP contribution in [0.3, 0.4) is 0 Å². The molecule has 2 N–H and O–H groups in total. The van der Waals surface area contributed by atoms with Crippen molar-refractivity contribution in [3.05, 3.63) is 82.2 Å². The molecule has 1 aromatic heterocycles. The first kappa shape index (κ1) is 21.3. The molecule has 30 heavy (non-hydrogen) atoms. The molecule has 8 heteroatoms. The fourth-order valence-corrected chi connectivity index (χ4v) is 3.24. The van der Waals surface area contributed by atoms with Crippen molar-refractivity contribution in [1.82, 2.24) is 4.90 Å². The summed E-state index contributed by atoms with van der Waals surface area (Å²) in [6.07, 6.45) is 1.42. The van der Waals surface area contributed by atoms with Crippen molar-refractivity contribution in [2.24, 2.45) is 0 Å². The molecule has 0 fully saturated rings. The molecular formula is C22H20BrN3O4. The lowest BCUT2D eigenvalue weighted by Gasteiger charge is -2.17. The summed E-state index contributed by atoms with van der Waals surface area (Å²) in [6, 6.07) is 15.1. The van der Waals surface area contributed by atoms with Crippen molar-refractivity contribution in [2.75, 3.05) is 24.2 Å². The highest BCUT2D eigenvalue weighted by atomic mass is 79.9. The monoisotopic (exact) mass is 469 g/mol. The van der Waals surface area contributed by atoms with Gasteiger partial charge in [-0.2, -0.15) is 0 Å². The Morgan fingerprint density at radius 3 is 2.40 bits per heavy atom. The number of anilines is 2.